The number of hydrogen-bond donors (Lipinski definition) is 0. The van der Waals surface area contributed by atoms with Gasteiger partial charge in [0, 0.05) is 142 Å². The van der Waals surface area contributed by atoms with E-state index in [9.17, 15) is 0 Å². The van der Waals surface area contributed by atoms with Crippen molar-refractivity contribution in [3.05, 3.63) is 427 Å². The molecule has 23 aromatic rings. The zero-order valence-corrected chi connectivity index (χ0v) is 82.6. The number of aromatic nitrogens is 1. The normalized spacial score (nSPS) is 15.5. The molecule has 0 fully saturated rings. The molecule has 0 radical (unpaired) electrons. The van der Waals surface area contributed by atoms with Crippen LogP contribution in [0.1, 0.15) is 141 Å². The molecule has 0 atom stereocenters. The predicted molar refractivity (Wildman–Crippen MR) is 592 cm³/mol. The first-order valence-corrected chi connectivity index (χ1v) is 51.3. The van der Waals surface area contributed by atoms with Gasteiger partial charge in [-0.2, -0.15) is 0 Å². The fraction of sp³-hybridized carbons (Fsp3) is 0.163. The van der Waals surface area contributed by atoms with Crippen molar-refractivity contribution in [3.63, 3.8) is 0 Å². The molecule has 0 aliphatic heterocycles. The van der Waals surface area contributed by atoms with Crippen molar-refractivity contribution in [2.24, 2.45) is 0 Å². The number of fused-ring (bicyclic) bond motifs is 29. The van der Waals surface area contributed by atoms with Crippen LogP contribution in [0.4, 0.5) is 34.1 Å². The molecule has 0 N–H and O–H groups in total. The van der Waals surface area contributed by atoms with Crippen LogP contribution in [0, 0.1) is 0 Å². The molecule has 3 nitrogen and oxygen atoms in total. The maximum absolute atomic E-state index is 2.50. The molecule has 7 heteroatoms. The highest BCUT2D eigenvalue weighted by atomic mass is 32.1. The molecule has 5 heterocycles. The van der Waals surface area contributed by atoms with E-state index in [0.717, 1.165) is 11.4 Å². The third-order valence-electron chi connectivity index (χ3n) is 33.2. The van der Waals surface area contributed by atoms with Gasteiger partial charge in [-0.25, -0.2) is 0 Å². The first-order chi connectivity index (χ1) is 65.8. The SMILES string of the molecule is CC1(C)c2ccccc2-c2cc3c(cc2C1(C)C)sc1ccc(N(c2ccccc2)c2ccc4sc5ccccc5c4c2)cc13.CC1(C)c2ccccc2-c2ccc(N(c3ccccc3)c3ccc4sc5ccc6c(c5c4c3)-c3ccccc3C(C)(C)C6(C)C)cc21.CC1(C)c2ccccc2-c2ccc3sc4c(-c5ccc(-n6c7ccccc7c7ccccc76)cc5)cccc4c3c2C1(C)C. The van der Waals surface area contributed by atoms with Gasteiger partial charge < -0.3 is 14.4 Å². The van der Waals surface area contributed by atoms with E-state index < -0.39 is 0 Å². The lowest BCUT2D eigenvalue weighted by Gasteiger charge is -2.48. The Morgan fingerprint density at radius 1 is 0.206 bits per heavy atom. The summed E-state index contributed by atoms with van der Waals surface area (Å²) in [5.74, 6) is 0. The first kappa shape index (κ1) is 84.0. The van der Waals surface area contributed by atoms with Crippen LogP contribution in [0.15, 0.2) is 382 Å². The second kappa shape index (κ2) is 30.6. The van der Waals surface area contributed by atoms with E-state index in [0.29, 0.717) is 0 Å². The molecule has 0 amide bonds. The van der Waals surface area contributed by atoms with Crippen molar-refractivity contribution in [2.45, 2.75) is 135 Å². The summed E-state index contributed by atoms with van der Waals surface area (Å²) >= 11 is 7.63. The largest absolute Gasteiger partial charge is 0.310 e. The molecule has 4 aliphatic rings. The van der Waals surface area contributed by atoms with Gasteiger partial charge in [-0.3, -0.25) is 0 Å². The summed E-state index contributed by atoms with van der Waals surface area (Å²) in [5, 5.41) is 13.4. The van der Waals surface area contributed by atoms with E-state index in [1.807, 2.05) is 45.3 Å². The summed E-state index contributed by atoms with van der Waals surface area (Å²) < 4.78 is 13.2. The summed E-state index contributed by atoms with van der Waals surface area (Å²) in [6.07, 6.45) is 0. The Labute approximate surface area is 812 Å². The Morgan fingerprint density at radius 3 is 1.22 bits per heavy atom. The lowest BCUT2D eigenvalue weighted by Crippen LogP contribution is -2.43. The molecule has 0 bridgehead atoms. The third kappa shape index (κ3) is 12.3. The fourth-order valence-corrected chi connectivity index (χ4v) is 28.5. The lowest BCUT2D eigenvalue weighted by molar-refractivity contribution is 0.299. The predicted octanol–water partition coefficient (Wildman–Crippen LogP) is 38.2. The van der Waals surface area contributed by atoms with Gasteiger partial charge in [0.05, 0.1) is 11.0 Å². The highest BCUT2D eigenvalue weighted by Crippen LogP contribution is 2.62. The van der Waals surface area contributed by atoms with E-state index in [1.54, 1.807) is 0 Å². The average Bonchev–Trinajstić information content (AvgIpc) is 1.32. The molecule has 18 aromatic carbocycles. The van der Waals surface area contributed by atoms with Crippen molar-refractivity contribution >= 4 is 182 Å². The molecule has 27 rings (SSSR count). The molecule has 660 valence electrons. The van der Waals surface area contributed by atoms with Crippen LogP contribution in [0.5, 0.6) is 0 Å². The highest BCUT2D eigenvalue weighted by Gasteiger charge is 2.50. The van der Waals surface area contributed by atoms with Crippen molar-refractivity contribution in [3.8, 4) is 61.3 Å². The van der Waals surface area contributed by atoms with Crippen molar-refractivity contribution in [1.29, 1.82) is 0 Å². The van der Waals surface area contributed by atoms with Gasteiger partial charge in [0.1, 0.15) is 0 Å². The zero-order chi connectivity index (χ0) is 92.6. The third-order valence-corrected chi connectivity index (χ3v) is 37.8. The van der Waals surface area contributed by atoms with E-state index in [-0.39, 0.29) is 37.9 Å². The van der Waals surface area contributed by atoms with Gasteiger partial charge in [0.2, 0.25) is 0 Å². The van der Waals surface area contributed by atoms with Crippen LogP contribution in [-0.4, -0.2) is 4.57 Å². The zero-order valence-electron chi connectivity index (χ0n) is 79.3. The summed E-state index contributed by atoms with van der Waals surface area (Å²) in [5.41, 5.74) is 35.7. The quantitative estimate of drug-likeness (QED) is 0.150. The summed E-state index contributed by atoms with van der Waals surface area (Å²) in [6.45, 7) is 33.8. The van der Waals surface area contributed by atoms with Crippen LogP contribution >= 0.6 is 45.3 Å². The Bertz CT molecular complexity index is 8840. The van der Waals surface area contributed by atoms with Gasteiger partial charge >= 0.3 is 0 Å². The van der Waals surface area contributed by atoms with Crippen molar-refractivity contribution < 1.29 is 0 Å². The topological polar surface area (TPSA) is 11.4 Å². The van der Waals surface area contributed by atoms with E-state index in [4.69, 9.17) is 0 Å². The first-order valence-electron chi connectivity index (χ1n) is 48.0. The summed E-state index contributed by atoms with van der Waals surface area (Å²) in [7, 11) is 0. The molecule has 0 saturated carbocycles. The number of hydrogen-bond acceptors (Lipinski definition) is 6. The number of para-hydroxylation sites is 4. The van der Waals surface area contributed by atoms with Crippen LogP contribution < -0.4 is 9.80 Å². The average molecular weight is 1830 g/mol. The highest BCUT2D eigenvalue weighted by molar-refractivity contribution is 7.27. The molecule has 0 saturated heterocycles. The summed E-state index contributed by atoms with van der Waals surface area (Å²) in [4.78, 5) is 4.85. The van der Waals surface area contributed by atoms with Crippen molar-refractivity contribution in [1.82, 2.24) is 4.57 Å². The van der Waals surface area contributed by atoms with E-state index in [1.165, 1.54) is 231 Å². The second-order valence-corrected chi connectivity index (χ2v) is 46.1. The maximum Gasteiger partial charge on any atom is 0.0541 e. The standard InChI is InChI=1S/C45H39NS.C42H33NS2.C42H33NS/c1-43(2)35-18-12-10-16-31(35)32-22-20-30(27-38(32)43)46(28-14-8-7-9-15-28)29-21-24-39-34(26-29)42-40(47-39)25-23-37-41(42)33-17-11-13-19-36(33)44(3,4)45(37,5)6;1-41(2)35-16-10-8-14-29(35)31-24-34-33-23-28(19-21-39(33)45-40(34)25-36(31)42(41,3)4)43(26-12-6-5-7-13-26)27-18-20-38-32(22-27)30-15-9-11-17-37(30)44-38;1-41(2)34-17-8-5-12-29(34)32-24-25-37-38(39(32)42(41,3)4)33-16-11-15-28(40(33)44-37)26-20-22-27(23-21-26)43-35-18-9-6-13-30(35)31-14-7-10-19-36(31)43/h7-27H,1-6H3;5-25H,1-4H3;5-25H,1-4H3. The Kier molecular flexibility index (Phi) is 18.9. The molecule has 4 aliphatic carbocycles. The molecular formula is C129H105N3S4. The summed E-state index contributed by atoms with van der Waals surface area (Å²) in [6, 6.07) is 143. The Morgan fingerprint density at radius 2 is 0.603 bits per heavy atom. The number of thiophene rings is 4. The van der Waals surface area contributed by atoms with Crippen LogP contribution in [0.2, 0.25) is 0 Å². The van der Waals surface area contributed by atoms with Gasteiger partial charge in [0.15, 0.2) is 0 Å². The lowest BCUT2D eigenvalue weighted by atomic mass is 9.55. The molecule has 0 unspecified atom stereocenters. The minimum Gasteiger partial charge on any atom is -0.310 e. The monoisotopic (exact) mass is 1820 g/mol. The van der Waals surface area contributed by atoms with Crippen molar-refractivity contribution in [2.75, 3.05) is 9.80 Å². The van der Waals surface area contributed by atoms with Gasteiger partial charge in [0.25, 0.3) is 0 Å². The van der Waals surface area contributed by atoms with Crippen LogP contribution in [0.25, 0.3) is 164 Å². The minimum absolute atomic E-state index is 0.000608. The Balaban J connectivity index is 0.000000109. The van der Waals surface area contributed by atoms with Gasteiger partial charge in [-0.1, -0.05) is 334 Å². The molecule has 0 spiro atoms. The Hall–Kier alpha value is -13.8. The molecule has 5 aromatic heterocycles. The maximum atomic E-state index is 2.50. The number of rotatable bonds is 8. The number of anilines is 6. The second-order valence-electron chi connectivity index (χ2n) is 41.8. The molecular weight excluding hydrogens is 1720 g/mol. The van der Waals surface area contributed by atoms with Crippen LogP contribution in [-0.2, 0) is 37.9 Å². The van der Waals surface area contributed by atoms with E-state index >= 15 is 0 Å². The number of nitrogens with zero attached hydrogens (tertiary/aromatic N) is 3. The van der Waals surface area contributed by atoms with Gasteiger partial charge in [-0.05, 0) is 273 Å². The van der Waals surface area contributed by atoms with E-state index in [2.05, 4.69) is 493 Å². The molecule has 136 heavy (non-hydrogen) atoms. The van der Waals surface area contributed by atoms with Crippen LogP contribution in [0.3, 0.4) is 0 Å². The smallest absolute Gasteiger partial charge is 0.0541 e. The number of benzene rings is 18. The fourth-order valence-electron chi connectivity index (χ4n) is 24.0. The minimum atomic E-state index is -0.0646. The van der Waals surface area contributed by atoms with Gasteiger partial charge in [-0.15, -0.1) is 45.3 Å².